The third-order valence-corrected chi connectivity index (χ3v) is 5.58. The largest absolute Gasteiger partial charge is 0.480 e. The van der Waals surface area contributed by atoms with E-state index in [1.165, 1.54) is 19.5 Å². The molecule has 0 bridgehead atoms. The fourth-order valence-corrected chi connectivity index (χ4v) is 4.38. The van der Waals surface area contributed by atoms with Gasteiger partial charge in [0.1, 0.15) is 5.75 Å². The van der Waals surface area contributed by atoms with Gasteiger partial charge in [0, 0.05) is 25.0 Å². The number of piperidine rings is 1. The summed E-state index contributed by atoms with van der Waals surface area (Å²) in [5, 5.41) is 5.24. The number of rotatable bonds is 8. The number of nitrogens with zero attached hydrogens (tertiary/aromatic N) is 1. The van der Waals surface area contributed by atoms with E-state index in [1.807, 2.05) is 37.3 Å². The highest BCUT2D eigenvalue weighted by Gasteiger charge is 2.22. The SMILES string of the molecule is CC[C@@H](Oc1cccc2ccccc12)C(=O)NCCCN1C[C@H](C)C[C@@H](C)C1. The number of fused-ring (bicyclic) bond motifs is 1. The van der Waals surface area contributed by atoms with E-state index >= 15 is 0 Å². The number of nitrogens with one attached hydrogen (secondary N) is 1. The monoisotopic (exact) mass is 382 g/mol. The van der Waals surface area contributed by atoms with Crippen molar-refractivity contribution in [3.05, 3.63) is 42.5 Å². The normalized spacial score (nSPS) is 21.4. The van der Waals surface area contributed by atoms with E-state index in [0.717, 1.165) is 41.3 Å². The Bertz CT molecular complexity index is 761. The highest BCUT2D eigenvalue weighted by atomic mass is 16.5. The summed E-state index contributed by atoms with van der Waals surface area (Å²) in [4.78, 5) is 15.2. The maximum absolute atomic E-state index is 12.6. The van der Waals surface area contributed by atoms with E-state index in [4.69, 9.17) is 4.74 Å². The van der Waals surface area contributed by atoms with Crippen LogP contribution in [0.2, 0.25) is 0 Å². The predicted molar refractivity (Wildman–Crippen MR) is 116 cm³/mol. The van der Waals surface area contributed by atoms with Gasteiger partial charge in [0.15, 0.2) is 6.10 Å². The molecule has 152 valence electrons. The summed E-state index contributed by atoms with van der Waals surface area (Å²) in [6, 6.07) is 14.1. The second-order valence-corrected chi connectivity index (χ2v) is 8.34. The molecule has 0 aromatic heterocycles. The van der Waals surface area contributed by atoms with Gasteiger partial charge in [0.05, 0.1) is 0 Å². The van der Waals surface area contributed by atoms with E-state index < -0.39 is 6.10 Å². The van der Waals surface area contributed by atoms with Crippen LogP contribution in [0.4, 0.5) is 0 Å². The maximum Gasteiger partial charge on any atom is 0.261 e. The van der Waals surface area contributed by atoms with Gasteiger partial charge in [0.2, 0.25) is 0 Å². The summed E-state index contributed by atoms with van der Waals surface area (Å²) in [5.74, 6) is 2.31. The van der Waals surface area contributed by atoms with Crippen molar-refractivity contribution in [1.29, 1.82) is 0 Å². The maximum atomic E-state index is 12.6. The lowest BCUT2D eigenvalue weighted by molar-refractivity contribution is -0.128. The van der Waals surface area contributed by atoms with Crippen LogP contribution >= 0.6 is 0 Å². The summed E-state index contributed by atoms with van der Waals surface area (Å²) in [6.07, 6.45) is 2.50. The molecule has 4 nitrogen and oxygen atoms in total. The van der Waals surface area contributed by atoms with Crippen molar-refractivity contribution in [2.24, 2.45) is 11.8 Å². The van der Waals surface area contributed by atoms with E-state index in [-0.39, 0.29) is 5.91 Å². The summed E-state index contributed by atoms with van der Waals surface area (Å²) < 4.78 is 6.09. The highest BCUT2D eigenvalue weighted by molar-refractivity contribution is 5.89. The van der Waals surface area contributed by atoms with Gasteiger partial charge in [-0.05, 0) is 49.1 Å². The Morgan fingerprint density at radius 2 is 1.86 bits per heavy atom. The molecule has 1 saturated heterocycles. The number of carbonyl (C=O) groups excluding carboxylic acids is 1. The van der Waals surface area contributed by atoms with Crippen LogP contribution in [0.1, 0.15) is 40.0 Å². The van der Waals surface area contributed by atoms with Gasteiger partial charge in [0.25, 0.3) is 5.91 Å². The number of likely N-dealkylation sites (tertiary alicyclic amines) is 1. The summed E-state index contributed by atoms with van der Waals surface area (Å²) in [6.45, 7) is 10.8. The number of hydrogen-bond acceptors (Lipinski definition) is 3. The number of ether oxygens (including phenoxy) is 1. The summed E-state index contributed by atoms with van der Waals surface area (Å²) in [7, 11) is 0. The van der Waals surface area contributed by atoms with Crippen molar-refractivity contribution < 1.29 is 9.53 Å². The highest BCUT2D eigenvalue weighted by Crippen LogP contribution is 2.26. The fourth-order valence-electron chi connectivity index (χ4n) is 4.38. The Labute approximate surface area is 169 Å². The first-order valence-corrected chi connectivity index (χ1v) is 10.7. The smallest absolute Gasteiger partial charge is 0.261 e. The molecule has 2 aromatic rings. The van der Waals surface area contributed by atoms with Gasteiger partial charge in [-0.1, -0.05) is 57.2 Å². The van der Waals surface area contributed by atoms with E-state index in [2.05, 4.69) is 36.2 Å². The molecule has 28 heavy (non-hydrogen) atoms. The first-order chi connectivity index (χ1) is 13.6. The average molecular weight is 383 g/mol. The van der Waals surface area contributed by atoms with Gasteiger partial charge in [-0.3, -0.25) is 4.79 Å². The van der Waals surface area contributed by atoms with Crippen LogP contribution in [0.15, 0.2) is 42.5 Å². The van der Waals surface area contributed by atoms with Crippen molar-refractivity contribution in [3.63, 3.8) is 0 Å². The van der Waals surface area contributed by atoms with Crippen molar-refractivity contribution in [2.75, 3.05) is 26.2 Å². The minimum absolute atomic E-state index is 0.0178. The van der Waals surface area contributed by atoms with Crippen LogP contribution in [-0.2, 0) is 4.79 Å². The summed E-state index contributed by atoms with van der Waals surface area (Å²) >= 11 is 0. The molecule has 1 amide bonds. The van der Waals surface area contributed by atoms with Crippen molar-refractivity contribution in [3.8, 4) is 5.75 Å². The third-order valence-electron chi connectivity index (χ3n) is 5.58. The molecular weight excluding hydrogens is 348 g/mol. The van der Waals surface area contributed by atoms with Crippen LogP contribution in [0, 0.1) is 11.8 Å². The molecule has 1 aliphatic rings. The van der Waals surface area contributed by atoms with Gasteiger partial charge >= 0.3 is 0 Å². The zero-order chi connectivity index (χ0) is 19.9. The Balaban J connectivity index is 1.48. The molecule has 0 aliphatic carbocycles. The Kier molecular flexibility index (Phi) is 7.32. The van der Waals surface area contributed by atoms with Crippen molar-refractivity contribution >= 4 is 16.7 Å². The fraction of sp³-hybridized carbons (Fsp3) is 0.542. The standard InChI is InChI=1S/C24H34N2O2/c1-4-22(28-23-12-7-10-20-9-5-6-11-21(20)23)24(27)25-13-8-14-26-16-18(2)15-19(3)17-26/h5-7,9-12,18-19,22H,4,8,13-17H2,1-3H3,(H,25,27)/t18-,19-,22-/m1/s1. The van der Waals surface area contributed by atoms with Gasteiger partial charge in [-0.25, -0.2) is 0 Å². The Hall–Kier alpha value is -2.07. The van der Waals surface area contributed by atoms with E-state index in [1.54, 1.807) is 0 Å². The Morgan fingerprint density at radius 3 is 2.61 bits per heavy atom. The number of hydrogen-bond donors (Lipinski definition) is 1. The third kappa shape index (κ3) is 5.48. The molecule has 0 radical (unpaired) electrons. The van der Waals surface area contributed by atoms with Crippen LogP contribution in [0.5, 0.6) is 5.75 Å². The van der Waals surface area contributed by atoms with Gasteiger partial charge in [-0.2, -0.15) is 0 Å². The average Bonchev–Trinajstić information content (AvgIpc) is 2.68. The van der Waals surface area contributed by atoms with Crippen LogP contribution in [0.25, 0.3) is 10.8 Å². The molecular formula is C24H34N2O2. The molecule has 1 heterocycles. The molecule has 0 spiro atoms. The topological polar surface area (TPSA) is 41.6 Å². The molecule has 1 N–H and O–H groups in total. The lowest BCUT2D eigenvalue weighted by Gasteiger charge is -2.35. The molecule has 0 unspecified atom stereocenters. The molecule has 4 heteroatoms. The molecule has 1 aliphatic heterocycles. The van der Waals surface area contributed by atoms with Crippen LogP contribution in [-0.4, -0.2) is 43.1 Å². The molecule has 3 rings (SSSR count). The summed E-state index contributed by atoms with van der Waals surface area (Å²) in [5.41, 5.74) is 0. The quantitative estimate of drug-likeness (QED) is 0.685. The number of carbonyl (C=O) groups is 1. The lowest BCUT2D eigenvalue weighted by atomic mass is 9.92. The zero-order valence-electron chi connectivity index (χ0n) is 17.5. The van der Waals surface area contributed by atoms with E-state index in [0.29, 0.717) is 13.0 Å². The van der Waals surface area contributed by atoms with Crippen LogP contribution in [0.3, 0.4) is 0 Å². The van der Waals surface area contributed by atoms with Gasteiger partial charge in [-0.15, -0.1) is 0 Å². The minimum atomic E-state index is -0.458. The lowest BCUT2D eigenvalue weighted by Crippen LogP contribution is -2.41. The molecule has 1 fully saturated rings. The molecule has 3 atom stereocenters. The molecule has 2 aromatic carbocycles. The second kappa shape index (κ2) is 9.92. The van der Waals surface area contributed by atoms with Crippen LogP contribution < -0.4 is 10.1 Å². The Morgan fingerprint density at radius 1 is 1.14 bits per heavy atom. The zero-order valence-corrected chi connectivity index (χ0v) is 17.5. The first-order valence-electron chi connectivity index (χ1n) is 10.7. The number of benzene rings is 2. The second-order valence-electron chi connectivity index (χ2n) is 8.34. The van der Waals surface area contributed by atoms with Gasteiger partial charge < -0.3 is 15.0 Å². The van der Waals surface area contributed by atoms with Crippen molar-refractivity contribution in [1.82, 2.24) is 10.2 Å². The first kappa shape index (κ1) is 20.7. The molecule has 0 saturated carbocycles. The van der Waals surface area contributed by atoms with E-state index in [9.17, 15) is 4.79 Å². The minimum Gasteiger partial charge on any atom is -0.480 e. The number of amides is 1. The predicted octanol–water partition coefficient (Wildman–Crippen LogP) is 4.48. The van der Waals surface area contributed by atoms with Crippen molar-refractivity contribution in [2.45, 2.75) is 46.1 Å².